The van der Waals surface area contributed by atoms with Crippen molar-refractivity contribution in [2.75, 3.05) is 16.7 Å². The van der Waals surface area contributed by atoms with Crippen LogP contribution in [0, 0.1) is 0 Å². The second-order valence-corrected chi connectivity index (χ2v) is 9.04. The lowest BCUT2D eigenvalue weighted by molar-refractivity contribution is -0.117. The van der Waals surface area contributed by atoms with E-state index in [1.165, 1.54) is 0 Å². The first-order chi connectivity index (χ1) is 11.6. The van der Waals surface area contributed by atoms with Gasteiger partial charge in [0.2, 0.25) is 5.91 Å². The molecular formula is C19H22N2O3S. The van der Waals surface area contributed by atoms with Crippen molar-refractivity contribution in [2.45, 2.75) is 37.5 Å². The van der Waals surface area contributed by atoms with E-state index >= 15 is 0 Å². The molecule has 5 nitrogen and oxygen atoms in total. The fourth-order valence-electron chi connectivity index (χ4n) is 2.88. The zero-order valence-corrected chi connectivity index (χ0v) is 15.6. The molecule has 1 heterocycles. The van der Waals surface area contributed by atoms with Crippen LogP contribution in [0.25, 0.3) is 0 Å². The average Bonchev–Trinajstić information content (AvgIpc) is 2.80. The monoisotopic (exact) mass is 358 g/mol. The van der Waals surface area contributed by atoms with Crippen LogP contribution in [0.3, 0.4) is 0 Å². The van der Waals surface area contributed by atoms with E-state index < -0.39 is 10.0 Å². The zero-order valence-electron chi connectivity index (χ0n) is 14.8. The molecule has 0 saturated carbocycles. The summed E-state index contributed by atoms with van der Waals surface area (Å²) in [6.45, 7) is 6.24. The lowest BCUT2D eigenvalue weighted by atomic mass is 9.87. The predicted molar refractivity (Wildman–Crippen MR) is 99.5 cm³/mol. The highest BCUT2D eigenvalue weighted by atomic mass is 32.2. The molecule has 1 aliphatic heterocycles. The van der Waals surface area contributed by atoms with Crippen LogP contribution in [0.5, 0.6) is 0 Å². The summed E-state index contributed by atoms with van der Waals surface area (Å²) in [6, 6.07) is 12.1. The number of hydrogen-bond acceptors (Lipinski definition) is 3. The maximum absolute atomic E-state index is 12.6. The molecule has 0 spiro atoms. The van der Waals surface area contributed by atoms with Gasteiger partial charge >= 0.3 is 0 Å². The van der Waals surface area contributed by atoms with Gasteiger partial charge in [0.15, 0.2) is 0 Å². The molecule has 0 fully saturated rings. The van der Waals surface area contributed by atoms with Gasteiger partial charge in [-0.2, -0.15) is 0 Å². The Balaban J connectivity index is 1.85. The van der Waals surface area contributed by atoms with Crippen molar-refractivity contribution in [3.05, 3.63) is 53.6 Å². The van der Waals surface area contributed by atoms with Crippen molar-refractivity contribution in [3.8, 4) is 0 Å². The Kier molecular flexibility index (Phi) is 4.11. The van der Waals surface area contributed by atoms with Gasteiger partial charge in [0, 0.05) is 18.4 Å². The first kappa shape index (κ1) is 17.5. The Bertz CT molecular complexity index is 926. The zero-order chi connectivity index (χ0) is 18.4. The Morgan fingerprint density at radius 3 is 2.28 bits per heavy atom. The third-order valence-electron chi connectivity index (χ3n) is 4.44. The van der Waals surface area contributed by atoms with Crippen molar-refractivity contribution >= 4 is 27.3 Å². The predicted octanol–water partition coefficient (Wildman–Crippen LogP) is 3.30. The van der Waals surface area contributed by atoms with Gasteiger partial charge in [-0.1, -0.05) is 32.9 Å². The first-order valence-electron chi connectivity index (χ1n) is 8.11. The number of nitrogens with zero attached hydrogens (tertiary/aromatic N) is 1. The minimum absolute atomic E-state index is 0.00720. The van der Waals surface area contributed by atoms with E-state index in [9.17, 15) is 13.2 Å². The van der Waals surface area contributed by atoms with Gasteiger partial charge in [-0.15, -0.1) is 0 Å². The van der Waals surface area contributed by atoms with Crippen LogP contribution in [0.4, 0.5) is 11.4 Å². The normalized spacial score (nSPS) is 14.6. The summed E-state index contributed by atoms with van der Waals surface area (Å²) in [4.78, 5) is 13.5. The molecule has 0 aliphatic carbocycles. The van der Waals surface area contributed by atoms with Crippen LogP contribution < -0.4 is 9.62 Å². The number of benzene rings is 2. The molecule has 1 aliphatic rings. The SMILES string of the molecule is CN1C(=O)Cc2cc(NS(=O)(=O)c3ccc(C(C)(C)C)cc3)ccc21. The van der Waals surface area contributed by atoms with Crippen LogP contribution in [0.1, 0.15) is 31.9 Å². The van der Waals surface area contributed by atoms with E-state index in [-0.39, 0.29) is 16.2 Å². The molecule has 25 heavy (non-hydrogen) atoms. The minimum atomic E-state index is -3.67. The largest absolute Gasteiger partial charge is 0.315 e. The van der Waals surface area contributed by atoms with Crippen molar-refractivity contribution in [1.29, 1.82) is 0 Å². The van der Waals surface area contributed by atoms with Crippen LogP contribution in [-0.4, -0.2) is 21.4 Å². The lowest BCUT2D eigenvalue weighted by Gasteiger charge is -2.19. The van der Waals surface area contributed by atoms with E-state index in [2.05, 4.69) is 25.5 Å². The number of hydrogen-bond donors (Lipinski definition) is 1. The number of fused-ring (bicyclic) bond motifs is 1. The summed E-state index contributed by atoms with van der Waals surface area (Å²) in [5, 5.41) is 0. The fraction of sp³-hybridized carbons (Fsp3) is 0.316. The molecule has 3 rings (SSSR count). The summed E-state index contributed by atoms with van der Waals surface area (Å²) >= 11 is 0. The molecule has 0 bridgehead atoms. The van der Waals surface area contributed by atoms with Crippen LogP contribution in [0.15, 0.2) is 47.4 Å². The molecule has 6 heteroatoms. The van der Waals surface area contributed by atoms with Gasteiger partial charge in [-0.25, -0.2) is 8.42 Å². The molecule has 2 aromatic rings. The Morgan fingerprint density at radius 2 is 1.68 bits per heavy atom. The maximum Gasteiger partial charge on any atom is 0.261 e. The molecule has 2 aromatic carbocycles. The van der Waals surface area contributed by atoms with Crippen LogP contribution >= 0.6 is 0 Å². The highest BCUT2D eigenvalue weighted by Crippen LogP contribution is 2.31. The van der Waals surface area contributed by atoms with Gasteiger partial charge in [-0.05, 0) is 46.9 Å². The van der Waals surface area contributed by atoms with Crippen molar-refractivity contribution in [1.82, 2.24) is 0 Å². The molecule has 1 amide bonds. The minimum Gasteiger partial charge on any atom is -0.315 e. The Morgan fingerprint density at radius 1 is 1.04 bits per heavy atom. The number of anilines is 2. The van der Waals surface area contributed by atoms with Crippen LogP contribution in [0.2, 0.25) is 0 Å². The second kappa shape index (κ2) is 5.88. The molecule has 0 unspecified atom stereocenters. The number of carbonyl (C=O) groups is 1. The molecular weight excluding hydrogens is 336 g/mol. The summed E-state index contributed by atoms with van der Waals surface area (Å²) in [6.07, 6.45) is 0.293. The number of sulfonamides is 1. The number of amides is 1. The van der Waals surface area contributed by atoms with E-state index in [0.29, 0.717) is 12.1 Å². The van der Waals surface area contributed by atoms with E-state index in [0.717, 1.165) is 16.8 Å². The second-order valence-electron chi connectivity index (χ2n) is 7.35. The Hall–Kier alpha value is -2.34. The fourth-order valence-corrected chi connectivity index (χ4v) is 3.93. The lowest BCUT2D eigenvalue weighted by Crippen LogP contribution is -2.20. The smallest absolute Gasteiger partial charge is 0.261 e. The highest BCUT2D eigenvalue weighted by molar-refractivity contribution is 7.92. The number of carbonyl (C=O) groups excluding carboxylic acids is 1. The maximum atomic E-state index is 12.6. The number of rotatable bonds is 3. The van der Waals surface area contributed by atoms with Crippen LogP contribution in [-0.2, 0) is 26.7 Å². The van der Waals surface area contributed by atoms with E-state index in [1.54, 1.807) is 42.3 Å². The summed E-state index contributed by atoms with van der Waals surface area (Å²) < 4.78 is 27.8. The van der Waals surface area contributed by atoms with Gasteiger partial charge in [0.25, 0.3) is 10.0 Å². The third-order valence-corrected chi connectivity index (χ3v) is 5.84. The summed E-state index contributed by atoms with van der Waals surface area (Å²) in [5.41, 5.74) is 3.15. The first-order valence-corrected chi connectivity index (χ1v) is 9.59. The molecule has 132 valence electrons. The molecule has 0 radical (unpaired) electrons. The third kappa shape index (κ3) is 3.39. The molecule has 1 N–H and O–H groups in total. The molecule has 0 aromatic heterocycles. The van der Waals surface area contributed by atoms with Gasteiger partial charge in [-0.3, -0.25) is 9.52 Å². The van der Waals surface area contributed by atoms with E-state index in [4.69, 9.17) is 0 Å². The number of likely N-dealkylation sites (N-methyl/N-ethyl adjacent to an activating group) is 1. The summed E-state index contributed by atoms with van der Waals surface area (Å²) in [5.74, 6) is 0.00720. The quantitative estimate of drug-likeness (QED) is 0.915. The van der Waals surface area contributed by atoms with E-state index in [1.807, 2.05) is 12.1 Å². The Labute approximate surface area is 148 Å². The average molecular weight is 358 g/mol. The topological polar surface area (TPSA) is 66.5 Å². The van der Waals surface area contributed by atoms with Crippen molar-refractivity contribution < 1.29 is 13.2 Å². The molecule has 0 saturated heterocycles. The number of nitrogens with one attached hydrogen (secondary N) is 1. The summed E-state index contributed by atoms with van der Waals surface area (Å²) in [7, 11) is -1.95. The van der Waals surface area contributed by atoms with Gasteiger partial charge < -0.3 is 4.90 Å². The molecule has 0 atom stereocenters. The van der Waals surface area contributed by atoms with Crippen molar-refractivity contribution in [2.24, 2.45) is 0 Å². The van der Waals surface area contributed by atoms with Gasteiger partial charge in [0.05, 0.1) is 11.3 Å². The van der Waals surface area contributed by atoms with Gasteiger partial charge in [0.1, 0.15) is 0 Å². The highest BCUT2D eigenvalue weighted by Gasteiger charge is 2.25. The standard InChI is InChI=1S/C19H22N2O3S/c1-19(2,3)14-5-8-16(9-6-14)25(23,24)20-15-7-10-17-13(11-15)12-18(22)21(17)4/h5-11,20H,12H2,1-4H3. The van der Waals surface area contributed by atoms with Crippen molar-refractivity contribution in [3.63, 3.8) is 0 Å².